The molecule has 0 saturated heterocycles. The number of rotatable bonds is 12. The zero-order chi connectivity index (χ0) is 28.5. The number of halogens is 2. The van der Waals surface area contributed by atoms with E-state index in [2.05, 4.69) is 10.3 Å². The molecule has 0 bridgehead atoms. The van der Waals surface area contributed by atoms with E-state index < -0.39 is 36.2 Å². The van der Waals surface area contributed by atoms with Gasteiger partial charge in [0.1, 0.15) is 24.1 Å². The maximum atomic E-state index is 12.8. The highest BCUT2D eigenvalue weighted by atomic mass is 35.5. The summed E-state index contributed by atoms with van der Waals surface area (Å²) in [5.74, 6) is -1.30. The van der Waals surface area contributed by atoms with Crippen LogP contribution in [0.1, 0.15) is 48.3 Å². The molecule has 3 rings (SSSR count). The molecule has 1 unspecified atom stereocenters. The van der Waals surface area contributed by atoms with Crippen LogP contribution in [0.25, 0.3) is 0 Å². The number of hydrogen-bond acceptors (Lipinski definition) is 8. The van der Waals surface area contributed by atoms with Crippen LogP contribution in [-0.2, 0) is 9.53 Å². The third kappa shape index (κ3) is 7.46. The van der Waals surface area contributed by atoms with Crippen LogP contribution in [0.2, 0.25) is 10.0 Å². The highest BCUT2D eigenvalue weighted by Crippen LogP contribution is 2.41. The summed E-state index contributed by atoms with van der Waals surface area (Å²) in [6, 6.07) is 11.9. The third-order valence-corrected chi connectivity index (χ3v) is 6.19. The van der Waals surface area contributed by atoms with Gasteiger partial charge in [0.25, 0.3) is 5.91 Å². The molecule has 1 amide bonds. The van der Waals surface area contributed by atoms with Crippen molar-refractivity contribution in [3.05, 3.63) is 75.5 Å². The van der Waals surface area contributed by atoms with Crippen molar-refractivity contribution in [1.82, 2.24) is 10.3 Å². The van der Waals surface area contributed by atoms with Crippen molar-refractivity contribution >= 4 is 35.1 Å². The van der Waals surface area contributed by atoms with Crippen LogP contribution in [0, 0.1) is 0 Å². The van der Waals surface area contributed by atoms with Crippen molar-refractivity contribution in [3.8, 4) is 23.0 Å². The molecule has 2 aromatic carbocycles. The average molecular weight is 577 g/mol. The van der Waals surface area contributed by atoms with E-state index in [-0.39, 0.29) is 11.4 Å². The molecule has 0 aliphatic heterocycles. The Labute approximate surface area is 237 Å². The Bertz CT molecular complexity index is 1260. The number of hydrogen-bond donors (Lipinski definition) is 2. The molecule has 3 aromatic rings. The fourth-order valence-corrected chi connectivity index (χ4v) is 4.41. The van der Waals surface area contributed by atoms with Crippen LogP contribution in [0.15, 0.2) is 48.7 Å². The second kappa shape index (κ2) is 13.9. The largest absolute Gasteiger partial charge is 0.503 e. The minimum atomic E-state index is -0.764. The lowest BCUT2D eigenvalue weighted by molar-refractivity contribution is -0.147. The molecule has 0 saturated carbocycles. The topological polar surface area (TPSA) is 116 Å². The number of aromatic hydroxyl groups is 1. The van der Waals surface area contributed by atoms with Crippen LogP contribution in [0.4, 0.5) is 0 Å². The molecule has 2 N–H and O–H groups in total. The van der Waals surface area contributed by atoms with Crippen LogP contribution < -0.4 is 19.5 Å². The summed E-state index contributed by atoms with van der Waals surface area (Å²) >= 11 is 12.5. The predicted molar refractivity (Wildman–Crippen MR) is 147 cm³/mol. The first-order valence-corrected chi connectivity index (χ1v) is 13.0. The minimum absolute atomic E-state index is 0.0790. The summed E-state index contributed by atoms with van der Waals surface area (Å²) in [6.45, 7) is 5.76. The number of nitrogens with one attached hydrogen (secondary N) is 1. The van der Waals surface area contributed by atoms with Gasteiger partial charge >= 0.3 is 5.97 Å². The van der Waals surface area contributed by atoms with Crippen molar-refractivity contribution in [1.29, 1.82) is 0 Å². The van der Waals surface area contributed by atoms with E-state index in [0.29, 0.717) is 34.8 Å². The van der Waals surface area contributed by atoms with E-state index in [4.69, 9.17) is 42.1 Å². The van der Waals surface area contributed by atoms with Gasteiger partial charge in [-0.15, -0.1) is 0 Å². The number of benzene rings is 2. The monoisotopic (exact) mass is 576 g/mol. The molecule has 1 atom stereocenters. The Kier molecular flexibility index (Phi) is 10.7. The Hall–Kier alpha value is -3.69. The second-order valence-electron chi connectivity index (χ2n) is 8.30. The highest BCUT2D eigenvalue weighted by Gasteiger charge is 2.31. The van der Waals surface area contributed by atoms with Gasteiger partial charge < -0.3 is 29.4 Å². The fourth-order valence-electron chi connectivity index (χ4n) is 4.08. The van der Waals surface area contributed by atoms with Gasteiger partial charge in [-0.25, -0.2) is 4.98 Å². The highest BCUT2D eigenvalue weighted by molar-refractivity contribution is 6.31. The summed E-state index contributed by atoms with van der Waals surface area (Å²) in [6.07, 6.45) is 0.571. The normalized spacial score (nSPS) is 11.6. The summed E-state index contributed by atoms with van der Waals surface area (Å²) < 4.78 is 22.5. The molecule has 1 aromatic heterocycles. The molecule has 11 heteroatoms. The Morgan fingerprint density at radius 3 is 2.03 bits per heavy atom. The van der Waals surface area contributed by atoms with Crippen LogP contribution in [0.5, 0.6) is 23.0 Å². The first-order chi connectivity index (χ1) is 18.7. The Morgan fingerprint density at radius 2 is 1.51 bits per heavy atom. The number of amides is 1. The van der Waals surface area contributed by atoms with Gasteiger partial charge in [-0.05, 0) is 45.0 Å². The summed E-state index contributed by atoms with van der Waals surface area (Å²) in [5.41, 5.74) is 1.16. The number of carbonyl (C=O) groups is 2. The summed E-state index contributed by atoms with van der Waals surface area (Å²) in [4.78, 5) is 29.2. The number of ether oxygens (including phenoxy) is 4. The maximum Gasteiger partial charge on any atom is 0.325 e. The van der Waals surface area contributed by atoms with E-state index in [1.54, 1.807) is 31.2 Å². The lowest BCUT2D eigenvalue weighted by Gasteiger charge is -2.28. The lowest BCUT2D eigenvalue weighted by Crippen LogP contribution is -2.34. The molecule has 1 heterocycles. The van der Waals surface area contributed by atoms with Gasteiger partial charge in [0.05, 0.1) is 26.2 Å². The van der Waals surface area contributed by atoms with Crippen molar-refractivity contribution < 1.29 is 33.6 Å². The van der Waals surface area contributed by atoms with Crippen LogP contribution in [-0.4, -0.2) is 54.9 Å². The molecular weight excluding hydrogens is 547 g/mol. The van der Waals surface area contributed by atoms with Crippen molar-refractivity contribution in [2.75, 3.05) is 26.9 Å². The first kappa shape index (κ1) is 29.9. The van der Waals surface area contributed by atoms with Gasteiger partial charge in [0.15, 0.2) is 17.2 Å². The first-order valence-electron chi connectivity index (χ1n) is 12.2. The van der Waals surface area contributed by atoms with Crippen molar-refractivity contribution in [3.63, 3.8) is 0 Å². The predicted octanol–water partition coefficient (Wildman–Crippen LogP) is 5.39. The van der Waals surface area contributed by atoms with Gasteiger partial charge in [0, 0.05) is 33.4 Å². The molecular formula is C28H30Cl2N2O7. The zero-order valence-electron chi connectivity index (χ0n) is 22.0. The Balaban J connectivity index is 1.88. The number of esters is 1. The third-order valence-electron chi connectivity index (χ3n) is 5.72. The number of aromatic nitrogens is 1. The quantitative estimate of drug-likeness (QED) is 0.275. The average Bonchev–Trinajstić information content (AvgIpc) is 2.90. The van der Waals surface area contributed by atoms with E-state index in [0.717, 1.165) is 11.1 Å². The minimum Gasteiger partial charge on any atom is -0.503 e. The SMILES string of the molecule is CCOc1cc(Cl)ccc1C(c1ccc(Cl)cc1OCC)C(C)OC(=O)CNC(=O)c1nccc(OC)c1O. The lowest BCUT2D eigenvalue weighted by atomic mass is 9.86. The Morgan fingerprint density at radius 1 is 0.949 bits per heavy atom. The summed E-state index contributed by atoms with van der Waals surface area (Å²) in [5, 5.41) is 13.6. The number of nitrogens with zero attached hydrogens (tertiary/aromatic N) is 1. The standard InChI is InChI=1S/C28H30Cl2N2O7/c1-5-37-22-13-17(29)7-9-19(22)25(20-10-8-18(30)14-23(20)38-6-2)16(3)39-24(33)15-32-28(35)26-27(34)21(36-4)11-12-31-26/h7-14,16,25,34H,5-6,15H2,1-4H3,(H,32,35). The molecule has 39 heavy (non-hydrogen) atoms. The molecule has 0 aliphatic carbocycles. The van der Waals surface area contributed by atoms with E-state index in [1.165, 1.54) is 19.4 Å². The molecule has 0 fully saturated rings. The van der Waals surface area contributed by atoms with Crippen molar-refractivity contribution in [2.45, 2.75) is 32.8 Å². The zero-order valence-corrected chi connectivity index (χ0v) is 23.5. The number of pyridine rings is 1. The van der Waals surface area contributed by atoms with E-state index >= 15 is 0 Å². The van der Waals surface area contributed by atoms with Gasteiger partial charge in [0.2, 0.25) is 0 Å². The smallest absolute Gasteiger partial charge is 0.325 e. The number of methoxy groups -OCH3 is 1. The van der Waals surface area contributed by atoms with Crippen LogP contribution in [0.3, 0.4) is 0 Å². The van der Waals surface area contributed by atoms with E-state index in [9.17, 15) is 14.7 Å². The van der Waals surface area contributed by atoms with Crippen molar-refractivity contribution in [2.24, 2.45) is 0 Å². The molecule has 0 aliphatic rings. The fraction of sp³-hybridized carbons (Fsp3) is 0.321. The van der Waals surface area contributed by atoms with Gasteiger partial charge in [-0.3, -0.25) is 9.59 Å². The second-order valence-corrected chi connectivity index (χ2v) is 9.17. The molecule has 0 spiro atoms. The van der Waals surface area contributed by atoms with E-state index in [1.807, 2.05) is 26.0 Å². The van der Waals surface area contributed by atoms with Gasteiger partial charge in [-0.2, -0.15) is 0 Å². The maximum absolute atomic E-state index is 12.8. The molecule has 208 valence electrons. The van der Waals surface area contributed by atoms with Crippen LogP contribution >= 0.6 is 23.2 Å². The van der Waals surface area contributed by atoms with Gasteiger partial charge in [-0.1, -0.05) is 35.3 Å². The summed E-state index contributed by atoms with van der Waals surface area (Å²) in [7, 11) is 1.35. The number of carbonyl (C=O) groups excluding carboxylic acids is 2. The molecule has 0 radical (unpaired) electrons. The molecule has 9 nitrogen and oxygen atoms in total.